The van der Waals surface area contributed by atoms with Gasteiger partial charge in [0.1, 0.15) is 5.41 Å². The lowest BCUT2D eigenvalue weighted by Gasteiger charge is -2.36. The summed E-state index contributed by atoms with van der Waals surface area (Å²) < 4.78 is 0. The number of hydrogen-bond donors (Lipinski definition) is 1. The zero-order valence-electron chi connectivity index (χ0n) is 13.8. The summed E-state index contributed by atoms with van der Waals surface area (Å²) in [6.07, 6.45) is 4.78. The normalized spacial score (nSPS) is 20.4. The zero-order valence-corrected chi connectivity index (χ0v) is 13.8. The molecular formula is C19H23N3O2. The third-order valence-electron chi connectivity index (χ3n) is 5.23. The summed E-state index contributed by atoms with van der Waals surface area (Å²) in [5.74, 6) is -0.0694. The van der Waals surface area contributed by atoms with Gasteiger partial charge in [-0.3, -0.25) is 9.59 Å². The first-order valence-electron chi connectivity index (χ1n) is 8.71. The Kier molecular flexibility index (Phi) is 4.84. The van der Waals surface area contributed by atoms with E-state index in [0.717, 1.165) is 25.7 Å². The predicted octanol–water partition coefficient (Wildman–Crippen LogP) is 2.49. The maximum absolute atomic E-state index is 12.7. The molecule has 24 heavy (non-hydrogen) atoms. The molecule has 0 aromatic heterocycles. The van der Waals surface area contributed by atoms with E-state index in [0.29, 0.717) is 31.5 Å². The largest absolute Gasteiger partial charge is 0.349 e. The van der Waals surface area contributed by atoms with Gasteiger partial charge in [-0.05, 0) is 37.8 Å². The molecule has 2 aliphatic rings. The molecule has 5 heteroatoms. The molecule has 0 unspecified atom stereocenters. The van der Waals surface area contributed by atoms with Gasteiger partial charge in [0.15, 0.2) is 0 Å². The summed E-state index contributed by atoms with van der Waals surface area (Å²) in [6, 6.07) is 11.5. The number of rotatable bonds is 3. The Hall–Kier alpha value is -2.35. The van der Waals surface area contributed by atoms with Crippen molar-refractivity contribution in [3.8, 4) is 6.07 Å². The molecule has 0 radical (unpaired) electrons. The van der Waals surface area contributed by atoms with E-state index >= 15 is 0 Å². The highest BCUT2D eigenvalue weighted by atomic mass is 16.2. The number of amides is 2. The van der Waals surface area contributed by atoms with Crippen LogP contribution in [-0.2, 0) is 4.79 Å². The van der Waals surface area contributed by atoms with E-state index in [4.69, 9.17) is 0 Å². The summed E-state index contributed by atoms with van der Waals surface area (Å²) in [5, 5.41) is 12.5. The second kappa shape index (κ2) is 7.04. The molecule has 1 saturated heterocycles. The van der Waals surface area contributed by atoms with Crippen LogP contribution in [0.15, 0.2) is 30.3 Å². The first-order valence-corrected chi connectivity index (χ1v) is 8.71. The molecule has 1 aromatic carbocycles. The van der Waals surface area contributed by atoms with Crippen LogP contribution >= 0.6 is 0 Å². The van der Waals surface area contributed by atoms with Crippen molar-refractivity contribution in [1.29, 1.82) is 5.26 Å². The minimum Gasteiger partial charge on any atom is -0.349 e. The Morgan fingerprint density at radius 1 is 1.12 bits per heavy atom. The molecule has 2 amide bonds. The molecule has 1 aromatic rings. The van der Waals surface area contributed by atoms with Gasteiger partial charge in [0.2, 0.25) is 5.91 Å². The van der Waals surface area contributed by atoms with Gasteiger partial charge in [0.05, 0.1) is 6.07 Å². The van der Waals surface area contributed by atoms with Crippen LogP contribution < -0.4 is 5.32 Å². The van der Waals surface area contributed by atoms with Gasteiger partial charge in [0, 0.05) is 24.7 Å². The molecule has 5 nitrogen and oxygen atoms in total. The van der Waals surface area contributed by atoms with Crippen molar-refractivity contribution in [1.82, 2.24) is 10.2 Å². The van der Waals surface area contributed by atoms with Crippen LogP contribution in [0, 0.1) is 16.7 Å². The SMILES string of the molecule is N#CC1(C(=O)N2CCC(NC(=O)c3ccccc3)CC2)CCCC1. The third-order valence-corrected chi connectivity index (χ3v) is 5.23. The second-order valence-electron chi connectivity index (χ2n) is 6.81. The van der Waals surface area contributed by atoms with E-state index < -0.39 is 5.41 Å². The monoisotopic (exact) mass is 325 g/mol. The van der Waals surface area contributed by atoms with Crippen LogP contribution in [0.5, 0.6) is 0 Å². The number of nitrogens with one attached hydrogen (secondary N) is 1. The number of carbonyl (C=O) groups excluding carboxylic acids is 2. The summed E-state index contributed by atoms with van der Waals surface area (Å²) in [7, 11) is 0. The van der Waals surface area contributed by atoms with E-state index in [-0.39, 0.29) is 17.9 Å². The minimum atomic E-state index is -0.792. The topological polar surface area (TPSA) is 73.2 Å². The number of hydrogen-bond acceptors (Lipinski definition) is 3. The molecule has 126 valence electrons. The third kappa shape index (κ3) is 3.28. The average molecular weight is 325 g/mol. The lowest BCUT2D eigenvalue weighted by Crippen LogP contribution is -2.50. The van der Waals surface area contributed by atoms with E-state index in [1.54, 1.807) is 12.1 Å². The number of carbonyl (C=O) groups is 2. The summed E-state index contributed by atoms with van der Waals surface area (Å²) in [4.78, 5) is 26.7. The lowest BCUT2D eigenvalue weighted by molar-refractivity contribution is -0.139. The molecule has 0 bridgehead atoms. The Bertz CT molecular complexity index is 636. The molecule has 1 aliphatic heterocycles. The predicted molar refractivity (Wildman–Crippen MR) is 90.0 cm³/mol. The van der Waals surface area contributed by atoms with Gasteiger partial charge in [-0.1, -0.05) is 31.0 Å². The van der Waals surface area contributed by atoms with Crippen molar-refractivity contribution in [3.05, 3.63) is 35.9 Å². The van der Waals surface area contributed by atoms with Crippen LogP contribution in [0.3, 0.4) is 0 Å². The van der Waals surface area contributed by atoms with Crippen molar-refractivity contribution in [2.45, 2.75) is 44.6 Å². The van der Waals surface area contributed by atoms with E-state index in [1.165, 1.54) is 0 Å². The van der Waals surface area contributed by atoms with Crippen LogP contribution in [0.1, 0.15) is 48.9 Å². The first kappa shape index (κ1) is 16.5. The number of piperidine rings is 1. The van der Waals surface area contributed by atoms with Crippen molar-refractivity contribution < 1.29 is 9.59 Å². The second-order valence-corrected chi connectivity index (χ2v) is 6.81. The summed E-state index contributed by atoms with van der Waals surface area (Å²) in [6.45, 7) is 1.23. The van der Waals surface area contributed by atoms with Gasteiger partial charge >= 0.3 is 0 Å². The van der Waals surface area contributed by atoms with E-state index in [9.17, 15) is 14.9 Å². The standard InChI is InChI=1S/C19H23N3O2/c20-14-19(10-4-5-11-19)18(24)22-12-8-16(9-13-22)21-17(23)15-6-2-1-3-7-15/h1-3,6-7,16H,4-5,8-13H2,(H,21,23). The highest BCUT2D eigenvalue weighted by molar-refractivity contribution is 5.94. The van der Waals surface area contributed by atoms with Gasteiger partial charge in [-0.2, -0.15) is 5.26 Å². The number of nitriles is 1. The number of benzene rings is 1. The van der Waals surface area contributed by atoms with E-state index in [2.05, 4.69) is 11.4 Å². The fraction of sp³-hybridized carbons (Fsp3) is 0.526. The number of likely N-dealkylation sites (tertiary alicyclic amines) is 1. The number of nitrogens with zero attached hydrogens (tertiary/aromatic N) is 2. The maximum atomic E-state index is 12.7. The summed E-state index contributed by atoms with van der Waals surface area (Å²) in [5.41, 5.74) is -0.134. The van der Waals surface area contributed by atoms with Crippen LogP contribution in [0.25, 0.3) is 0 Å². The van der Waals surface area contributed by atoms with Crippen LogP contribution in [0.2, 0.25) is 0 Å². The Balaban J connectivity index is 1.53. The Labute approximate surface area is 142 Å². The minimum absolute atomic E-state index is 0.00432. The highest BCUT2D eigenvalue weighted by Crippen LogP contribution is 2.39. The van der Waals surface area contributed by atoms with Gasteiger partial charge in [-0.15, -0.1) is 0 Å². The molecule has 0 atom stereocenters. The molecule has 0 spiro atoms. The highest BCUT2D eigenvalue weighted by Gasteiger charge is 2.44. The Morgan fingerprint density at radius 3 is 2.33 bits per heavy atom. The van der Waals surface area contributed by atoms with Crippen molar-refractivity contribution in [2.24, 2.45) is 5.41 Å². The molecule has 1 aliphatic carbocycles. The molecular weight excluding hydrogens is 302 g/mol. The van der Waals surface area contributed by atoms with Crippen molar-refractivity contribution >= 4 is 11.8 Å². The molecule has 1 heterocycles. The Morgan fingerprint density at radius 2 is 1.75 bits per heavy atom. The van der Waals surface area contributed by atoms with Gasteiger partial charge in [-0.25, -0.2) is 0 Å². The van der Waals surface area contributed by atoms with Crippen LogP contribution in [0.4, 0.5) is 0 Å². The average Bonchev–Trinajstić information content (AvgIpc) is 3.13. The molecule has 3 rings (SSSR count). The molecule has 2 fully saturated rings. The zero-order chi connectivity index (χ0) is 17.0. The van der Waals surface area contributed by atoms with Crippen molar-refractivity contribution in [3.63, 3.8) is 0 Å². The fourth-order valence-corrected chi connectivity index (χ4v) is 3.74. The van der Waals surface area contributed by atoms with Crippen LogP contribution in [-0.4, -0.2) is 35.8 Å². The molecule has 1 N–H and O–H groups in total. The van der Waals surface area contributed by atoms with Gasteiger partial charge < -0.3 is 10.2 Å². The quantitative estimate of drug-likeness (QED) is 0.928. The van der Waals surface area contributed by atoms with Gasteiger partial charge in [0.25, 0.3) is 5.91 Å². The summed E-state index contributed by atoms with van der Waals surface area (Å²) >= 11 is 0. The molecule has 1 saturated carbocycles. The smallest absolute Gasteiger partial charge is 0.251 e. The first-order chi connectivity index (χ1) is 11.6. The van der Waals surface area contributed by atoms with E-state index in [1.807, 2.05) is 23.1 Å². The van der Waals surface area contributed by atoms with Crippen molar-refractivity contribution in [2.75, 3.05) is 13.1 Å². The maximum Gasteiger partial charge on any atom is 0.251 e. The lowest BCUT2D eigenvalue weighted by atomic mass is 9.85. The fourth-order valence-electron chi connectivity index (χ4n) is 3.74.